The summed E-state index contributed by atoms with van der Waals surface area (Å²) in [5, 5.41) is 0. The zero-order valence-electron chi connectivity index (χ0n) is 10.3. The van der Waals surface area contributed by atoms with E-state index < -0.39 is 0 Å². The largest absolute Gasteiger partial charge is 0.491 e. The van der Waals surface area contributed by atoms with E-state index in [0.717, 1.165) is 16.9 Å². The molecule has 1 aliphatic rings. The quantitative estimate of drug-likeness (QED) is 0.921. The maximum atomic E-state index is 13.0. The Balaban J connectivity index is 1.71. The van der Waals surface area contributed by atoms with Gasteiger partial charge in [-0.05, 0) is 29.8 Å². The van der Waals surface area contributed by atoms with Crippen molar-refractivity contribution in [3.8, 4) is 11.5 Å². The van der Waals surface area contributed by atoms with Gasteiger partial charge in [-0.3, -0.25) is 0 Å². The molecule has 1 atom stereocenters. The Morgan fingerprint density at radius 2 is 2.16 bits per heavy atom. The molecule has 2 aromatic rings. The predicted octanol–water partition coefficient (Wildman–Crippen LogP) is 2.80. The molecule has 2 N–H and O–H groups in total. The highest BCUT2D eigenvalue weighted by Crippen LogP contribution is 2.34. The molecule has 1 unspecified atom stereocenters. The first-order valence-electron chi connectivity index (χ1n) is 6.12. The fourth-order valence-corrected chi connectivity index (χ4v) is 2.10. The van der Waals surface area contributed by atoms with Crippen LogP contribution in [-0.2, 0) is 6.61 Å². The number of benzene rings is 2. The molecule has 0 saturated carbocycles. The molecule has 0 fully saturated rings. The lowest BCUT2D eigenvalue weighted by atomic mass is 10.1. The van der Waals surface area contributed by atoms with Crippen LogP contribution in [-0.4, -0.2) is 6.61 Å². The van der Waals surface area contributed by atoms with Gasteiger partial charge in [0, 0.05) is 11.6 Å². The topological polar surface area (TPSA) is 44.5 Å². The van der Waals surface area contributed by atoms with Crippen LogP contribution in [0, 0.1) is 5.82 Å². The molecule has 0 aliphatic carbocycles. The molecule has 0 amide bonds. The molecule has 0 radical (unpaired) electrons. The number of halogens is 1. The Hall–Kier alpha value is -2.07. The van der Waals surface area contributed by atoms with Gasteiger partial charge in [-0.25, -0.2) is 4.39 Å². The van der Waals surface area contributed by atoms with Crippen LogP contribution in [0.15, 0.2) is 42.5 Å². The number of fused-ring (bicyclic) bond motifs is 1. The summed E-state index contributed by atoms with van der Waals surface area (Å²) in [7, 11) is 0. The third-order valence-corrected chi connectivity index (χ3v) is 3.10. The van der Waals surface area contributed by atoms with Gasteiger partial charge in [-0.1, -0.05) is 12.1 Å². The molecule has 0 bridgehead atoms. The minimum atomic E-state index is -0.260. The van der Waals surface area contributed by atoms with Gasteiger partial charge < -0.3 is 15.2 Å². The Labute approximate surface area is 110 Å². The number of nitrogens with two attached hydrogens (primary N) is 1. The van der Waals surface area contributed by atoms with Gasteiger partial charge in [0.1, 0.15) is 30.5 Å². The van der Waals surface area contributed by atoms with E-state index in [-0.39, 0.29) is 11.9 Å². The highest BCUT2D eigenvalue weighted by atomic mass is 19.1. The van der Waals surface area contributed by atoms with Crippen LogP contribution in [0.5, 0.6) is 11.5 Å². The van der Waals surface area contributed by atoms with Crippen molar-refractivity contribution in [1.29, 1.82) is 0 Å². The summed E-state index contributed by atoms with van der Waals surface area (Å²) >= 11 is 0. The molecular weight excluding hydrogens is 245 g/mol. The molecule has 0 aromatic heterocycles. The van der Waals surface area contributed by atoms with Crippen molar-refractivity contribution >= 4 is 0 Å². The summed E-state index contributed by atoms with van der Waals surface area (Å²) < 4.78 is 24.1. The monoisotopic (exact) mass is 259 g/mol. The number of ether oxygens (including phenoxy) is 2. The third kappa shape index (κ3) is 2.53. The molecule has 0 saturated heterocycles. The van der Waals surface area contributed by atoms with Gasteiger partial charge in [-0.15, -0.1) is 0 Å². The fraction of sp³-hybridized carbons (Fsp3) is 0.200. The molecule has 19 heavy (non-hydrogen) atoms. The van der Waals surface area contributed by atoms with E-state index in [1.165, 1.54) is 12.1 Å². The normalized spacial score (nSPS) is 16.8. The van der Waals surface area contributed by atoms with Crippen LogP contribution in [0.2, 0.25) is 0 Å². The van der Waals surface area contributed by atoms with Gasteiger partial charge in [0.05, 0.1) is 6.04 Å². The first kappa shape index (κ1) is 12.0. The second-order valence-electron chi connectivity index (χ2n) is 4.54. The minimum absolute atomic E-state index is 0.0627. The van der Waals surface area contributed by atoms with Crippen molar-refractivity contribution in [2.24, 2.45) is 5.73 Å². The van der Waals surface area contributed by atoms with E-state index in [1.807, 2.05) is 24.3 Å². The number of rotatable bonds is 3. The molecule has 3 rings (SSSR count). The van der Waals surface area contributed by atoms with E-state index in [4.69, 9.17) is 15.2 Å². The van der Waals surface area contributed by atoms with Crippen LogP contribution in [0.3, 0.4) is 0 Å². The van der Waals surface area contributed by atoms with Crippen molar-refractivity contribution < 1.29 is 13.9 Å². The maximum absolute atomic E-state index is 13.0. The second kappa shape index (κ2) is 4.90. The predicted molar refractivity (Wildman–Crippen MR) is 69.6 cm³/mol. The van der Waals surface area contributed by atoms with Crippen LogP contribution in [0.1, 0.15) is 17.2 Å². The van der Waals surface area contributed by atoms with Gasteiger partial charge in [0.2, 0.25) is 0 Å². The molecule has 0 spiro atoms. The van der Waals surface area contributed by atoms with Crippen molar-refractivity contribution in [3.05, 3.63) is 59.4 Å². The first-order valence-corrected chi connectivity index (χ1v) is 6.12. The summed E-state index contributed by atoms with van der Waals surface area (Å²) in [5.74, 6) is 1.20. The lowest BCUT2D eigenvalue weighted by molar-refractivity contribution is 0.300. The lowest BCUT2D eigenvalue weighted by Gasteiger charge is -2.08. The Morgan fingerprint density at radius 3 is 3.00 bits per heavy atom. The maximum Gasteiger partial charge on any atom is 0.127 e. The Bertz CT molecular complexity index is 600. The second-order valence-corrected chi connectivity index (χ2v) is 4.54. The van der Waals surface area contributed by atoms with Crippen molar-refractivity contribution in [1.82, 2.24) is 0 Å². The average Bonchev–Trinajstić information content (AvgIpc) is 2.78. The fourth-order valence-electron chi connectivity index (χ4n) is 2.10. The van der Waals surface area contributed by atoms with Crippen molar-refractivity contribution in [2.75, 3.05) is 6.61 Å². The highest BCUT2D eigenvalue weighted by molar-refractivity contribution is 5.44. The van der Waals surface area contributed by atoms with Gasteiger partial charge in [-0.2, -0.15) is 0 Å². The highest BCUT2D eigenvalue weighted by Gasteiger charge is 2.20. The van der Waals surface area contributed by atoms with Gasteiger partial charge in [0.25, 0.3) is 0 Å². The van der Waals surface area contributed by atoms with Gasteiger partial charge in [0.15, 0.2) is 0 Å². The van der Waals surface area contributed by atoms with Crippen LogP contribution < -0.4 is 15.2 Å². The summed E-state index contributed by atoms with van der Waals surface area (Å²) in [4.78, 5) is 0. The smallest absolute Gasteiger partial charge is 0.127 e. The standard InChI is InChI=1S/C15H14FNO2/c16-11-3-1-2-10(6-11)8-18-12-4-5-13-14(17)9-19-15(13)7-12/h1-7,14H,8-9,17H2. The van der Waals surface area contributed by atoms with E-state index >= 15 is 0 Å². The van der Waals surface area contributed by atoms with Gasteiger partial charge >= 0.3 is 0 Å². The molecular formula is C15H14FNO2. The lowest BCUT2D eigenvalue weighted by Crippen LogP contribution is -2.10. The first-order chi connectivity index (χ1) is 9.22. The SMILES string of the molecule is NC1COc2cc(OCc3cccc(F)c3)ccc21. The van der Waals surface area contributed by atoms with E-state index in [2.05, 4.69) is 0 Å². The summed E-state index contributed by atoms with van der Waals surface area (Å²) in [6.45, 7) is 0.825. The minimum Gasteiger partial charge on any atom is -0.491 e. The molecule has 4 heteroatoms. The molecule has 98 valence electrons. The van der Waals surface area contributed by atoms with Crippen LogP contribution in [0.25, 0.3) is 0 Å². The molecule has 1 heterocycles. The molecule has 3 nitrogen and oxygen atoms in total. The summed E-state index contributed by atoms with van der Waals surface area (Å²) in [6.07, 6.45) is 0. The van der Waals surface area contributed by atoms with Crippen LogP contribution in [0.4, 0.5) is 4.39 Å². The van der Waals surface area contributed by atoms with E-state index in [0.29, 0.717) is 19.0 Å². The number of hydrogen-bond acceptors (Lipinski definition) is 3. The van der Waals surface area contributed by atoms with E-state index in [9.17, 15) is 4.39 Å². The third-order valence-electron chi connectivity index (χ3n) is 3.10. The Morgan fingerprint density at radius 1 is 1.26 bits per heavy atom. The van der Waals surface area contributed by atoms with E-state index in [1.54, 1.807) is 6.07 Å². The molecule has 2 aromatic carbocycles. The summed E-state index contributed by atoms with van der Waals surface area (Å²) in [6, 6.07) is 11.9. The Kier molecular flexibility index (Phi) is 3.09. The molecule has 1 aliphatic heterocycles. The van der Waals surface area contributed by atoms with Crippen LogP contribution >= 0.6 is 0 Å². The summed E-state index contributed by atoms with van der Waals surface area (Å²) in [5.41, 5.74) is 7.66. The zero-order chi connectivity index (χ0) is 13.2. The average molecular weight is 259 g/mol. The van der Waals surface area contributed by atoms with Crippen molar-refractivity contribution in [3.63, 3.8) is 0 Å². The van der Waals surface area contributed by atoms with Crippen molar-refractivity contribution in [2.45, 2.75) is 12.6 Å². The number of hydrogen-bond donors (Lipinski definition) is 1. The zero-order valence-corrected chi connectivity index (χ0v) is 10.3.